The highest BCUT2D eigenvalue weighted by Crippen LogP contribution is 2.43. The summed E-state index contributed by atoms with van der Waals surface area (Å²) >= 11 is 0. The molecule has 0 saturated carbocycles. The largest absolute Gasteiger partial charge is 0.472 e. The molecule has 0 fully saturated rings. The average molecular weight is 1130 g/mol. The Morgan fingerprint density at radius 1 is 0.443 bits per heavy atom. The Morgan fingerprint density at radius 3 is 1.18 bits per heavy atom. The topological polar surface area (TPSA) is 111 Å². The number of nitrogens with zero attached hydrogens (tertiary/aromatic N) is 1. The number of likely N-dealkylation sites (N-methyl/N-ethyl adjacent to an activating group) is 1. The first-order valence-electron chi connectivity index (χ1n) is 32.9. The van der Waals surface area contributed by atoms with E-state index in [1.165, 1.54) is 148 Å². The van der Waals surface area contributed by atoms with Gasteiger partial charge in [0.1, 0.15) is 19.3 Å². The third-order valence-electron chi connectivity index (χ3n) is 14.3. The number of rotatable bonds is 59. The van der Waals surface area contributed by atoms with E-state index in [2.05, 4.69) is 99.0 Å². The van der Waals surface area contributed by atoms with Gasteiger partial charge in [-0.15, -0.1) is 0 Å². The Morgan fingerprint density at radius 2 is 0.772 bits per heavy atom. The molecule has 0 aliphatic rings. The van der Waals surface area contributed by atoms with Gasteiger partial charge in [0.05, 0.1) is 33.8 Å². The van der Waals surface area contributed by atoms with Crippen molar-refractivity contribution in [1.82, 2.24) is 5.32 Å². The van der Waals surface area contributed by atoms with Crippen molar-refractivity contribution in [3.63, 3.8) is 0 Å². The third kappa shape index (κ3) is 59.6. The van der Waals surface area contributed by atoms with Gasteiger partial charge in [0.25, 0.3) is 0 Å². The second-order valence-electron chi connectivity index (χ2n) is 23.3. The molecule has 0 aromatic heterocycles. The van der Waals surface area contributed by atoms with Crippen molar-refractivity contribution in [2.75, 3.05) is 40.9 Å². The van der Waals surface area contributed by atoms with E-state index in [1.807, 2.05) is 33.3 Å². The molecule has 0 rings (SSSR count). The summed E-state index contributed by atoms with van der Waals surface area (Å²) in [7, 11) is 1.48. The van der Waals surface area contributed by atoms with Crippen LogP contribution >= 0.6 is 7.82 Å². The number of phosphoric acid groups is 1. The van der Waals surface area contributed by atoms with E-state index in [1.54, 1.807) is 0 Å². The number of hydrogen-bond donors (Lipinski definition) is 2. The average Bonchev–Trinajstić information content (AvgIpc) is 3.41. The minimum absolute atomic E-state index is 0.0334. The molecule has 0 bridgehead atoms. The molecule has 0 aromatic rings. The molecule has 0 aliphatic heterocycles. The molecule has 3 atom stereocenters. The van der Waals surface area contributed by atoms with Gasteiger partial charge in [-0.25, -0.2) is 4.57 Å². The SMILES string of the molecule is CCCCC/C=C\C/C=C\C/C=C\C/C=C\CCCCCCCCCC(=O)NC(COP(=O)(O)OCC[N+](C)(C)C)C(/C=C\CCCCCCCCCCCCC)OC(=O)CCCCCCCCC/C=C\C/C=C\CCCCC. The van der Waals surface area contributed by atoms with Gasteiger partial charge in [-0.2, -0.15) is 0 Å². The van der Waals surface area contributed by atoms with Crippen LogP contribution in [0.3, 0.4) is 0 Å². The van der Waals surface area contributed by atoms with Gasteiger partial charge >= 0.3 is 13.8 Å². The second kappa shape index (κ2) is 58.4. The molecule has 3 unspecified atom stereocenters. The summed E-state index contributed by atoms with van der Waals surface area (Å²) in [6, 6.07) is -0.862. The maximum atomic E-state index is 13.6. The lowest BCUT2D eigenvalue weighted by molar-refractivity contribution is -0.870. The quantitative estimate of drug-likeness (QED) is 0.0205. The van der Waals surface area contributed by atoms with Crippen molar-refractivity contribution in [2.45, 2.75) is 303 Å². The fourth-order valence-corrected chi connectivity index (χ4v) is 9.93. The lowest BCUT2D eigenvalue weighted by Gasteiger charge is -2.27. The fourth-order valence-electron chi connectivity index (χ4n) is 9.19. The van der Waals surface area contributed by atoms with Crippen LogP contribution in [0.1, 0.15) is 290 Å². The number of esters is 1. The van der Waals surface area contributed by atoms with E-state index in [0.29, 0.717) is 17.4 Å². The monoisotopic (exact) mass is 1130 g/mol. The van der Waals surface area contributed by atoms with Crippen molar-refractivity contribution >= 4 is 19.7 Å². The predicted octanol–water partition coefficient (Wildman–Crippen LogP) is 20.6. The molecule has 10 heteroatoms. The minimum Gasteiger partial charge on any atom is -0.456 e. The van der Waals surface area contributed by atoms with Gasteiger partial charge < -0.3 is 19.4 Å². The van der Waals surface area contributed by atoms with Gasteiger partial charge in [-0.1, -0.05) is 254 Å². The maximum absolute atomic E-state index is 13.6. The van der Waals surface area contributed by atoms with Crippen LogP contribution in [0.25, 0.3) is 0 Å². The van der Waals surface area contributed by atoms with E-state index < -0.39 is 20.0 Å². The highest BCUT2D eigenvalue weighted by Gasteiger charge is 2.30. The second-order valence-corrected chi connectivity index (χ2v) is 24.7. The first-order valence-corrected chi connectivity index (χ1v) is 34.4. The number of ether oxygens (including phenoxy) is 1. The Labute approximate surface area is 488 Å². The summed E-state index contributed by atoms with van der Waals surface area (Å²) in [6.45, 7) is 6.96. The zero-order valence-corrected chi connectivity index (χ0v) is 53.2. The van der Waals surface area contributed by atoms with Gasteiger partial charge in [-0.3, -0.25) is 18.6 Å². The molecule has 0 spiro atoms. The number of quaternary nitrogens is 1. The number of allylic oxidation sites excluding steroid dienone is 13. The normalized spacial score (nSPS) is 14.2. The number of amides is 1. The van der Waals surface area contributed by atoms with Crippen molar-refractivity contribution in [3.8, 4) is 0 Å². The number of phosphoric ester groups is 1. The summed E-state index contributed by atoms with van der Waals surface area (Å²) in [6.07, 6.45) is 77.1. The molecular formula is C69H126N2O7P+. The number of carbonyl (C=O) groups is 2. The highest BCUT2D eigenvalue weighted by molar-refractivity contribution is 7.47. The zero-order valence-electron chi connectivity index (χ0n) is 52.3. The molecule has 0 aliphatic carbocycles. The number of nitrogens with one attached hydrogen (secondary N) is 1. The van der Waals surface area contributed by atoms with Crippen molar-refractivity contribution in [1.29, 1.82) is 0 Å². The van der Waals surface area contributed by atoms with Crippen LogP contribution < -0.4 is 5.32 Å². The summed E-state index contributed by atoms with van der Waals surface area (Å²) in [5, 5.41) is 3.06. The summed E-state index contributed by atoms with van der Waals surface area (Å²) < 4.78 is 30.8. The number of hydrogen-bond acceptors (Lipinski definition) is 6. The number of carbonyl (C=O) groups excluding carboxylic acids is 2. The molecule has 2 N–H and O–H groups in total. The van der Waals surface area contributed by atoms with Crippen LogP contribution in [0.5, 0.6) is 0 Å². The van der Waals surface area contributed by atoms with Crippen LogP contribution in [-0.2, 0) is 27.9 Å². The first kappa shape index (κ1) is 76.2. The predicted molar refractivity (Wildman–Crippen MR) is 341 cm³/mol. The van der Waals surface area contributed by atoms with E-state index in [0.717, 1.165) is 109 Å². The Balaban J connectivity index is 5.25. The lowest BCUT2D eigenvalue weighted by atomic mass is 10.0. The fraction of sp³-hybridized carbons (Fsp3) is 0.768. The molecule has 79 heavy (non-hydrogen) atoms. The summed E-state index contributed by atoms with van der Waals surface area (Å²) in [4.78, 5) is 37.8. The van der Waals surface area contributed by atoms with Gasteiger partial charge in [-0.05, 0) is 109 Å². The van der Waals surface area contributed by atoms with E-state index in [9.17, 15) is 19.0 Å². The zero-order chi connectivity index (χ0) is 57.9. The molecule has 1 amide bonds. The Bertz CT molecular complexity index is 1630. The molecule has 0 saturated heterocycles. The van der Waals surface area contributed by atoms with Gasteiger partial charge in [0, 0.05) is 12.8 Å². The third-order valence-corrected chi connectivity index (χ3v) is 15.3. The maximum Gasteiger partial charge on any atom is 0.472 e. The Kier molecular flexibility index (Phi) is 56.3. The van der Waals surface area contributed by atoms with E-state index in [4.69, 9.17) is 13.8 Å². The summed E-state index contributed by atoms with van der Waals surface area (Å²) in [5.74, 6) is -0.524. The van der Waals surface area contributed by atoms with Crippen LogP contribution in [0, 0.1) is 0 Å². The van der Waals surface area contributed by atoms with Crippen molar-refractivity contribution in [3.05, 3.63) is 85.1 Å². The van der Waals surface area contributed by atoms with Gasteiger partial charge in [0.15, 0.2) is 0 Å². The van der Waals surface area contributed by atoms with Crippen LogP contribution in [0.2, 0.25) is 0 Å². The first-order chi connectivity index (χ1) is 38.4. The van der Waals surface area contributed by atoms with Crippen LogP contribution in [0.4, 0.5) is 0 Å². The standard InChI is InChI=1S/C69H125N2O7P/c1-7-10-13-16-19-22-25-28-30-32-33-34-35-36-37-39-40-43-46-49-52-55-58-61-68(72)70-66(65-77-79(74,75)76-64-63-71(4,5)6)67(60-57-54-51-48-45-42-27-24-21-18-15-12-9-3)78-69(73)62-59-56-53-50-47-44-41-38-31-29-26-23-20-17-14-11-8-2/h19-20,22-23,28-31,33-34,36-37,57,60,66-67H,7-18,21,24-27,32,35,38-56,58-59,61-65H2,1-6H3,(H-,70,72,74,75)/p+1/b22-19-,23-20-,30-28-,31-29-,34-33-,37-36-,60-57-. The van der Waals surface area contributed by atoms with Crippen LogP contribution in [-0.4, -0.2) is 74.3 Å². The van der Waals surface area contributed by atoms with E-state index >= 15 is 0 Å². The summed E-state index contributed by atoms with van der Waals surface area (Å²) in [5.41, 5.74) is 0. The lowest BCUT2D eigenvalue weighted by Crippen LogP contribution is -2.47. The molecular weight excluding hydrogens is 1000 g/mol. The van der Waals surface area contributed by atoms with Crippen molar-refractivity contribution < 1.29 is 37.3 Å². The van der Waals surface area contributed by atoms with Crippen LogP contribution in [0.15, 0.2) is 85.1 Å². The molecule has 458 valence electrons. The van der Waals surface area contributed by atoms with E-state index in [-0.39, 0.29) is 31.5 Å². The Hall–Kier alpha value is -2.81. The van der Waals surface area contributed by atoms with Crippen molar-refractivity contribution in [2.24, 2.45) is 0 Å². The van der Waals surface area contributed by atoms with Gasteiger partial charge in [0.2, 0.25) is 5.91 Å². The minimum atomic E-state index is -4.46. The molecule has 0 aromatic carbocycles. The molecule has 0 radical (unpaired) electrons. The smallest absolute Gasteiger partial charge is 0.456 e. The molecule has 0 heterocycles. The highest BCUT2D eigenvalue weighted by atomic mass is 31.2. The number of unbranched alkanes of at least 4 members (excludes halogenated alkanes) is 31. The molecule has 9 nitrogen and oxygen atoms in total.